The van der Waals surface area contributed by atoms with Gasteiger partial charge in [0.05, 0.1) is 26.3 Å². The second-order valence-corrected chi connectivity index (χ2v) is 5.90. The van der Waals surface area contributed by atoms with Gasteiger partial charge in [-0.1, -0.05) is 30.3 Å². The highest BCUT2D eigenvalue weighted by atomic mass is 16.5. The summed E-state index contributed by atoms with van der Waals surface area (Å²) >= 11 is 0. The molecule has 0 aliphatic carbocycles. The first-order valence-electron chi connectivity index (χ1n) is 8.55. The molecule has 2 rings (SSSR count). The fourth-order valence-electron chi connectivity index (χ4n) is 2.57. The summed E-state index contributed by atoms with van der Waals surface area (Å²) in [5, 5.41) is 15.0. The number of amides is 1. The van der Waals surface area contributed by atoms with Gasteiger partial charge in [-0.15, -0.1) is 0 Å². The number of aliphatic carboxylic acids is 1. The summed E-state index contributed by atoms with van der Waals surface area (Å²) in [6.07, 6.45) is 0.484. The van der Waals surface area contributed by atoms with Crippen molar-refractivity contribution in [3.63, 3.8) is 0 Å². The van der Waals surface area contributed by atoms with Crippen LogP contribution in [0, 0.1) is 0 Å². The van der Waals surface area contributed by atoms with E-state index in [0.29, 0.717) is 30.2 Å². The Balaban J connectivity index is 1.91. The van der Waals surface area contributed by atoms with Gasteiger partial charge >= 0.3 is 5.97 Å². The first kappa shape index (κ1) is 20.3. The highest BCUT2D eigenvalue weighted by Gasteiger charge is 2.21. The molecule has 0 unspecified atom stereocenters. The van der Waals surface area contributed by atoms with Gasteiger partial charge in [0.2, 0.25) is 5.91 Å². The van der Waals surface area contributed by atoms with Crippen LogP contribution in [0.1, 0.15) is 12.0 Å². The third-order valence-corrected chi connectivity index (χ3v) is 4.02. The van der Waals surface area contributed by atoms with Gasteiger partial charge in [-0.25, -0.2) is 0 Å². The lowest BCUT2D eigenvalue weighted by Crippen LogP contribution is -2.40. The van der Waals surface area contributed by atoms with Crippen molar-refractivity contribution in [2.75, 3.05) is 26.1 Å². The standard InChI is InChI=1S/C20H24N2O5/c1-26-15-8-9-16(18(12-15)27-2)22-19(23)13-17(20(24)25)21-11-10-14-6-4-3-5-7-14/h3-9,12,17,21H,10-11,13H2,1-2H3,(H,22,23)(H,24,25)/t17-/m0/s1. The molecule has 0 saturated heterocycles. The minimum atomic E-state index is -1.07. The maximum absolute atomic E-state index is 12.3. The molecule has 0 heterocycles. The number of ether oxygens (including phenoxy) is 2. The topological polar surface area (TPSA) is 96.9 Å². The van der Waals surface area contributed by atoms with Crippen LogP contribution in [0.25, 0.3) is 0 Å². The summed E-state index contributed by atoms with van der Waals surface area (Å²) in [5.74, 6) is -0.458. The number of hydrogen-bond acceptors (Lipinski definition) is 5. The molecule has 2 aromatic carbocycles. The van der Waals surface area contributed by atoms with Crippen LogP contribution >= 0.6 is 0 Å². The highest BCUT2D eigenvalue weighted by Crippen LogP contribution is 2.29. The first-order chi connectivity index (χ1) is 13.0. The predicted molar refractivity (Wildman–Crippen MR) is 102 cm³/mol. The van der Waals surface area contributed by atoms with Crippen LogP contribution in [0.5, 0.6) is 11.5 Å². The smallest absolute Gasteiger partial charge is 0.321 e. The molecule has 0 saturated carbocycles. The number of carboxylic acid groups (broad SMARTS) is 1. The van der Waals surface area contributed by atoms with Crippen molar-refractivity contribution in [3.05, 3.63) is 54.1 Å². The zero-order valence-electron chi connectivity index (χ0n) is 15.4. The molecule has 2 aromatic rings. The highest BCUT2D eigenvalue weighted by molar-refractivity contribution is 5.95. The summed E-state index contributed by atoms with van der Waals surface area (Å²) in [6.45, 7) is 0.458. The largest absolute Gasteiger partial charge is 0.497 e. The molecule has 1 amide bonds. The molecular weight excluding hydrogens is 348 g/mol. The molecule has 27 heavy (non-hydrogen) atoms. The van der Waals surface area contributed by atoms with E-state index in [-0.39, 0.29) is 6.42 Å². The summed E-state index contributed by atoms with van der Waals surface area (Å²) in [7, 11) is 3.02. The third kappa shape index (κ3) is 6.31. The second kappa shape index (κ2) is 10.2. The molecule has 1 atom stereocenters. The summed E-state index contributed by atoms with van der Waals surface area (Å²) < 4.78 is 10.3. The molecular formula is C20H24N2O5. The van der Waals surface area contributed by atoms with E-state index in [2.05, 4.69) is 10.6 Å². The average Bonchev–Trinajstić information content (AvgIpc) is 2.68. The maximum Gasteiger partial charge on any atom is 0.321 e. The van der Waals surface area contributed by atoms with Crippen molar-refractivity contribution in [3.8, 4) is 11.5 Å². The molecule has 0 aromatic heterocycles. The van der Waals surface area contributed by atoms with E-state index in [1.165, 1.54) is 14.2 Å². The number of carbonyl (C=O) groups excluding carboxylic acids is 1. The number of hydrogen-bond donors (Lipinski definition) is 3. The van der Waals surface area contributed by atoms with Crippen molar-refractivity contribution in [1.29, 1.82) is 0 Å². The molecule has 0 aliphatic rings. The molecule has 0 aliphatic heterocycles. The van der Waals surface area contributed by atoms with Crippen molar-refractivity contribution in [2.24, 2.45) is 0 Å². The van der Waals surface area contributed by atoms with Gasteiger partial charge in [0.1, 0.15) is 17.5 Å². The van der Waals surface area contributed by atoms with Crippen LogP contribution in [0.3, 0.4) is 0 Å². The third-order valence-electron chi connectivity index (χ3n) is 4.02. The zero-order valence-corrected chi connectivity index (χ0v) is 15.4. The van der Waals surface area contributed by atoms with Crippen LogP contribution in [-0.2, 0) is 16.0 Å². The van der Waals surface area contributed by atoms with Crippen LogP contribution in [0.2, 0.25) is 0 Å². The molecule has 7 heteroatoms. The number of nitrogens with one attached hydrogen (secondary N) is 2. The van der Waals surface area contributed by atoms with Crippen LogP contribution in [-0.4, -0.2) is 43.8 Å². The number of anilines is 1. The first-order valence-corrected chi connectivity index (χ1v) is 8.55. The molecule has 144 valence electrons. The van der Waals surface area contributed by atoms with E-state index in [9.17, 15) is 14.7 Å². The van der Waals surface area contributed by atoms with E-state index in [1.807, 2.05) is 30.3 Å². The monoisotopic (exact) mass is 372 g/mol. The lowest BCUT2D eigenvalue weighted by Gasteiger charge is -2.16. The normalized spacial score (nSPS) is 11.5. The quantitative estimate of drug-likeness (QED) is 0.592. The van der Waals surface area contributed by atoms with E-state index in [1.54, 1.807) is 18.2 Å². The van der Waals surface area contributed by atoms with Gasteiger partial charge in [0.25, 0.3) is 0 Å². The second-order valence-electron chi connectivity index (χ2n) is 5.90. The van der Waals surface area contributed by atoms with Gasteiger partial charge in [-0.3, -0.25) is 9.59 Å². The van der Waals surface area contributed by atoms with Crippen molar-refractivity contribution in [1.82, 2.24) is 5.32 Å². The number of rotatable bonds is 10. The van der Waals surface area contributed by atoms with Crippen LogP contribution in [0.15, 0.2) is 48.5 Å². The van der Waals surface area contributed by atoms with Crippen LogP contribution in [0.4, 0.5) is 5.69 Å². The number of benzene rings is 2. The Labute approximate surface area is 158 Å². The van der Waals surface area contributed by atoms with Gasteiger partial charge in [0, 0.05) is 6.07 Å². The van der Waals surface area contributed by atoms with Crippen molar-refractivity contribution < 1.29 is 24.2 Å². The molecule has 0 bridgehead atoms. The summed E-state index contributed by atoms with van der Waals surface area (Å²) in [6, 6.07) is 13.7. The fourth-order valence-corrected chi connectivity index (χ4v) is 2.57. The number of methoxy groups -OCH3 is 2. The van der Waals surface area contributed by atoms with Crippen LogP contribution < -0.4 is 20.1 Å². The SMILES string of the molecule is COc1ccc(NC(=O)C[C@H](NCCc2ccccc2)C(=O)O)c(OC)c1. The fraction of sp³-hybridized carbons (Fsp3) is 0.300. The van der Waals surface area contributed by atoms with E-state index in [0.717, 1.165) is 5.56 Å². The maximum atomic E-state index is 12.3. The van der Waals surface area contributed by atoms with Crippen molar-refractivity contribution in [2.45, 2.75) is 18.9 Å². The Kier molecular flexibility index (Phi) is 7.63. The number of carboxylic acids is 1. The molecule has 0 radical (unpaired) electrons. The van der Waals surface area contributed by atoms with Gasteiger partial charge in [-0.05, 0) is 30.7 Å². The average molecular weight is 372 g/mol. The Bertz CT molecular complexity index is 764. The van der Waals surface area contributed by atoms with E-state index in [4.69, 9.17) is 9.47 Å². The van der Waals surface area contributed by atoms with Crippen molar-refractivity contribution >= 4 is 17.6 Å². The minimum absolute atomic E-state index is 0.195. The summed E-state index contributed by atoms with van der Waals surface area (Å²) in [5.41, 5.74) is 1.55. The van der Waals surface area contributed by atoms with Gasteiger partial charge in [-0.2, -0.15) is 0 Å². The Morgan fingerprint density at radius 3 is 2.44 bits per heavy atom. The Morgan fingerprint density at radius 1 is 1.07 bits per heavy atom. The molecule has 0 spiro atoms. The Morgan fingerprint density at radius 2 is 1.81 bits per heavy atom. The molecule has 7 nitrogen and oxygen atoms in total. The number of carbonyl (C=O) groups is 2. The van der Waals surface area contributed by atoms with Gasteiger partial charge in [0.15, 0.2) is 0 Å². The van der Waals surface area contributed by atoms with E-state index < -0.39 is 17.9 Å². The lowest BCUT2D eigenvalue weighted by molar-refractivity contribution is -0.141. The predicted octanol–water partition coefficient (Wildman–Crippen LogP) is 2.32. The molecule has 3 N–H and O–H groups in total. The Hall–Kier alpha value is -3.06. The molecule has 0 fully saturated rings. The minimum Gasteiger partial charge on any atom is -0.497 e. The van der Waals surface area contributed by atoms with Gasteiger partial charge < -0.3 is 25.2 Å². The van der Waals surface area contributed by atoms with E-state index >= 15 is 0 Å². The summed E-state index contributed by atoms with van der Waals surface area (Å²) in [4.78, 5) is 23.7. The zero-order chi connectivity index (χ0) is 19.6. The lowest BCUT2D eigenvalue weighted by atomic mass is 10.1.